The van der Waals surface area contributed by atoms with E-state index in [-0.39, 0.29) is 0 Å². The number of aromatic nitrogens is 2. The van der Waals surface area contributed by atoms with E-state index in [1.54, 1.807) is 25.7 Å². The first kappa shape index (κ1) is 12.4. The molecule has 0 aliphatic carbocycles. The van der Waals surface area contributed by atoms with Gasteiger partial charge in [-0.25, -0.2) is 0 Å². The second-order valence-electron chi connectivity index (χ2n) is 4.40. The van der Waals surface area contributed by atoms with Gasteiger partial charge in [-0.1, -0.05) is 24.3 Å². The lowest BCUT2D eigenvalue weighted by Crippen LogP contribution is -1.83. The summed E-state index contributed by atoms with van der Waals surface area (Å²) in [6, 6.07) is 11.9. The van der Waals surface area contributed by atoms with Crippen molar-refractivity contribution in [3.8, 4) is 5.75 Å². The molecule has 0 saturated carbocycles. The minimum atomic E-state index is 0.864. The quantitative estimate of drug-likeness (QED) is 0.720. The lowest BCUT2D eigenvalue weighted by molar-refractivity contribution is 0.415. The van der Waals surface area contributed by atoms with E-state index in [9.17, 15) is 0 Å². The van der Waals surface area contributed by atoms with Crippen molar-refractivity contribution >= 4 is 23.1 Å². The minimum absolute atomic E-state index is 0.864. The lowest BCUT2D eigenvalue weighted by atomic mass is 10.1. The van der Waals surface area contributed by atoms with Crippen molar-refractivity contribution in [2.45, 2.75) is 0 Å². The Balaban J connectivity index is 1.93. The van der Waals surface area contributed by atoms with Gasteiger partial charge in [0.25, 0.3) is 0 Å². The molecule has 0 N–H and O–H groups in total. The molecule has 2 heterocycles. The van der Waals surface area contributed by atoms with Crippen LogP contribution < -0.4 is 4.74 Å². The Morgan fingerprint density at radius 2 is 1.80 bits per heavy atom. The molecule has 0 aliphatic heterocycles. The number of benzene rings is 1. The summed E-state index contributed by atoms with van der Waals surface area (Å²) in [5, 5.41) is 1.10. The molecule has 0 bridgehead atoms. The molecule has 98 valence electrons. The Morgan fingerprint density at radius 3 is 2.60 bits per heavy atom. The molecule has 0 amide bonds. The Bertz CT molecular complexity index is 743. The van der Waals surface area contributed by atoms with Crippen LogP contribution in [0.15, 0.2) is 55.0 Å². The van der Waals surface area contributed by atoms with Gasteiger partial charge in [-0.15, -0.1) is 0 Å². The third kappa shape index (κ3) is 2.52. The van der Waals surface area contributed by atoms with E-state index in [0.29, 0.717) is 0 Å². The van der Waals surface area contributed by atoms with Gasteiger partial charge in [-0.2, -0.15) is 0 Å². The van der Waals surface area contributed by atoms with Gasteiger partial charge in [0.05, 0.1) is 18.8 Å². The predicted molar refractivity (Wildman–Crippen MR) is 81.5 cm³/mol. The van der Waals surface area contributed by atoms with Crippen molar-refractivity contribution in [2.24, 2.45) is 0 Å². The van der Waals surface area contributed by atoms with Gasteiger partial charge < -0.3 is 4.74 Å². The molecule has 0 unspecified atom stereocenters. The van der Waals surface area contributed by atoms with Crippen LogP contribution in [0, 0.1) is 0 Å². The van der Waals surface area contributed by atoms with E-state index in [4.69, 9.17) is 4.74 Å². The molecule has 20 heavy (non-hydrogen) atoms. The number of hydrogen-bond acceptors (Lipinski definition) is 3. The number of ether oxygens (including phenoxy) is 1. The standard InChI is InChI=1S/C17H14N2O/c1-20-15-6-3-13(4-7-15)2-5-14-8-11-19-17-12-18-10-9-16(14)17/h2-12H,1H3/b5-2+. The third-order valence-electron chi connectivity index (χ3n) is 3.15. The average molecular weight is 262 g/mol. The van der Waals surface area contributed by atoms with Gasteiger partial charge in [-0.3, -0.25) is 9.97 Å². The fourth-order valence-corrected chi connectivity index (χ4v) is 2.07. The topological polar surface area (TPSA) is 35.0 Å². The van der Waals surface area contributed by atoms with E-state index in [1.165, 1.54) is 0 Å². The maximum absolute atomic E-state index is 5.15. The highest BCUT2D eigenvalue weighted by Gasteiger charge is 1.98. The molecule has 0 fully saturated rings. The molecule has 0 aliphatic rings. The van der Waals surface area contributed by atoms with Crippen molar-refractivity contribution in [1.82, 2.24) is 9.97 Å². The Hall–Kier alpha value is -2.68. The summed E-state index contributed by atoms with van der Waals surface area (Å²) < 4.78 is 5.15. The first-order chi connectivity index (χ1) is 9.86. The summed E-state index contributed by atoms with van der Waals surface area (Å²) in [6.45, 7) is 0. The van der Waals surface area contributed by atoms with Crippen LogP contribution in [0.1, 0.15) is 11.1 Å². The van der Waals surface area contributed by atoms with E-state index >= 15 is 0 Å². The molecule has 2 aromatic heterocycles. The molecule has 3 rings (SSSR count). The van der Waals surface area contributed by atoms with Crippen LogP contribution in [0.3, 0.4) is 0 Å². The summed E-state index contributed by atoms with van der Waals surface area (Å²) in [7, 11) is 1.67. The lowest BCUT2D eigenvalue weighted by Gasteiger charge is -2.01. The molecular formula is C17H14N2O. The van der Waals surface area contributed by atoms with Crippen LogP contribution in [0.5, 0.6) is 5.75 Å². The highest BCUT2D eigenvalue weighted by Crippen LogP contribution is 2.18. The van der Waals surface area contributed by atoms with Crippen molar-refractivity contribution in [2.75, 3.05) is 7.11 Å². The number of nitrogens with zero attached hydrogens (tertiary/aromatic N) is 2. The van der Waals surface area contributed by atoms with Crippen LogP contribution in [0.4, 0.5) is 0 Å². The normalized spacial score (nSPS) is 11.1. The third-order valence-corrected chi connectivity index (χ3v) is 3.15. The molecular weight excluding hydrogens is 248 g/mol. The van der Waals surface area contributed by atoms with Crippen LogP contribution in [0.25, 0.3) is 23.1 Å². The first-order valence-corrected chi connectivity index (χ1v) is 6.38. The Morgan fingerprint density at radius 1 is 0.950 bits per heavy atom. The van der Waals surface area contributed by atoms with Crippen molar-refractivity contribution < 1.29 is 4.74 Å². The highest BCUT2D eigenvalue weighted by molar-refractivity contribution is 5.89. The average Bonchev–Trinajstić information content (AvgIpc) is 2.53. The van der Waals surface area contributed by atoms with E-state index in [0.717, 1.165) is 27.8 Å². The van der Waals surface area contributed by atoms with E-state index < -0.39 is 0 Å². The molecule has 3 nitrogen and oxygen atoms in total. The summed E-state index contributed by atoms with van der Waals surface area (Å²) in [5.74, 6) is 0.864. The minimum Gasteiger partial charge on any atom is -0.497 e. The van der Waals surface area contributed by atoms with Crippen LogP contribution >= 0.6 is 0 Å². The molecule has 0 radical (unpaired) electrons. The number of methoxy groups -OCH3 is 1. The van der Waals surface area contributed by atoms with Gasteiger partial charge in [0.15, 0.2) is 0 Å². The van der Waals surface area contributed by atoms with Crippen molar-refractivity contribution in [3.63, 3.8) is 0 Å². The van der Waals surface area contributed by atoms with Gasteiger partial charge >= 0.3 is 0 Å². The highest BCUT2D eigenvalue weighted by atomic mass is 16.5. The molecule has 0 spiro atoms. The summed E-state index contributed by atoms with van der Waals surface area (Å²) in [6.07, 6.45) is 9.53. The van der Waals surface area contributed by atoms with Crippen LogP contribution in [-0.2, 0) is 0 Å². The molecule has 0 saturated heterocycles. The second-order valence-corrected chi connectivity index (χ2v) is 4.40. The monoisotopic (exact) mass is 262 g/mol. The van der Waals surface area contributed by atoms with Gasteiger partial charge in [0, 0.05) is 17.8 Å². The van der Waals surface area contributed by atoms with Crippen LogP contribution in [-0.4, -0.2) is 17.1 Å². The Kier molecular flexibility index (Phi) is 3.42. The maximum atomic E-state index is 5.15. The fraction of sp³-hybridized carbons (Fsp3) is 0.0588. The van der Waals surface area contributed by atoms with Gasteiger partial charge in [0.1, 0.15) is 5.75 Å². The Labute approximate surface area is 117 Å². The SMILES string of the molecule is COc1ccc(/C=C/c2ccnc3cnccc23)cc1. The van der Waals surface area contributed by atoms with E-state index in [1.807, 2.05) is 36.4 Å². The van der Waals surface area contributed by atoms with Crippen LogP contribution in [0.2, 0.25) is 0 Å². The largest absolute Gasteiger partial charge is 0.497 e. The number of hydrogen-bond donors (Lipinski definition) is 0. The number of pyridine rings is 2. The molecule has 1 aromatic carbocycles. The van der Waals surface area contributed by atoms with Gasteiger partial charge in [-0.05, 0) is 35.4 Å². The van der Waals surface area contributed by atoms with Crippen molar-refractivity contribution in [3.05, 3.63) is 66.1 Å². The molecule has 3 aromatic rings. The second kappa shape index (κ2) is 5.53. The zero-order chi connectivity index (χ0) is 13.8. The number of rotatable bonds is 3. The van der Waals surface area contributed by atoms with E-state index in [2.05, 4.69) is 22.1 Å². The maximum Gasteiger partial charge on any atom is 0.118 e. The predicted octanol–water partition coefficient (Wildman–Crippen LogP) is 3.81. The summed E-state index contributed by atoms with van der Waals surface area (Å²) in [4.78, 5) is 8.40. The number of fused-ring (bicyclic) bond motifs is 1. The zero-order valence-electron chi connectivity index (χ0n) is 11.2. The zero-order valence-corrected chi connectivity index (χ0v) is 11.2. The first-order valence-electron chi connectivity index (χ1n) is 6.38. The summed E-state index contributed by atoms with van der Waals surface area (Å²) >= 11 is 0. The smallest absolute Gasteiger partial charge is 0.118 e. The molecule has 0 atom stereocenters. The van der Waals surface area contributed by atoms with Crippen molar-refractivity contribution in [1.29, 1.82) is 0 Å². The summed E-state index contributed by atoms with van der Waals surface area (Å²) in [5.41, 5.74) is 3.17. The molecule has 3 heteroatoms. The fourth-order valence-electron chi connectivity index (χ4n) is 2.07. The van der Waals surface area contributed by atoms with Gasteiger partial charge in [0.2, 0.25) is 0 Å².